The molecular weight excluding hydrogens is 454 g/mol. The van der Waals surface area contributed by atoms with Crippen molar-refractivity contribution in [1.29, 1.82) is 0 Å². The van der Waals surface area contributed by atoms with E-state index in [4.69, 9.17) is 9.84 Å². The van der Waals surface area contributed by atoms with Crippen LogP contribution in [0.4, 0.5) is 5.69 Å². The van der Waals surface area contributed by atoms with Crippen molar-refractivity contribution < 1.29 is 19.4 Å². The Hall–Kier alpha value is -2.82. The van der Waals surface area contributed by atoms with Crippen LogP contribution in [0.25, 0.3) is 10.2 Å². The van der Waals surface area contributed by atoms with Crippen molar-refractivity contribution in [3.8, 4) is 0 Å². The standard InChI is InChI=1S/C24H29N5O4S/c1-14-19-12-21(34-24(19)29(28-14)17-8-10-33-11-9-17)23(32)27-16-4-7-20(25-13-16)22(31)26-15-2-5-18(30)6-3-15/h4,7,12-13,15,17-18,30H,2-3,5-6,8-11H2,1H3,(H,26,31)(H,27,32)/t15-,18-. The molecule has 9 nitrogen and oxygen atoms in total. The van der Waals surface area contributed by atoms with E-state index < -0.39 is 0 Å². The average molecular weight is 484 g/mol. The number of fused-ring (bicyclic) bond motifs is 1. The minimum Gasteiger partial charge on any atom is -0.393 e. The van der Waals surface area contributed by atoms with Crippen molar-refractivity contribution in [2.75, 3.05) is 18.5 Å². The van der Waals surface area contributed by atoms with Crippen molar-refractivity contribution in [3.63, 3.8) is 0 Å². The first-order valence-electron chi connectivity index (χ1n) is 11.8. The quantitative estimate of drug-likeness (QED) is 0.512. The van der Waals surface area contributed by atoms with Crippen LogP contribution in [-0.2, 0) is 4.74 Å². The van der Waals surface area contributed by atoms with Crippen LogP contribution in [0.15, 0.2) is 24.4 Å². The maximum Gasteiger partial charge on any atom is 0.270 e. The molecule has 2 fully saturated rings. The molecule has 0 bridgehead atoms. The highest BCUT2D eigenvalue weighted by Gasteiger charge is 2.24. The van der Waals surface area contributed by atoms with Gasteiger partial charge in [0.25, 0.3) is 11.8 Å². The van der Waals surface area contributed by atoms with Crippen LogP contribution in [0, 0.1) is 6.92 Å². The number of rotatable bonds is 5. The molecular formula is C24H29N5O4S. The monoisotopic (exact) mass is 483 g/mol. The van der Waals surface area contributed by atoms with Gasteiger partial charge >= 0.3 is 0 Å². The Morgan fingerprint density at radius 1 is 1.12 bits per heavy atom. The zero-order valence-electron chi connectivity index (χ0n) is 19.1. The van der Waals surface area contributed by atoms with Crippen molar-refractivity contribution in [3.05, 3.63) is 40.7 Å². The highest BCUT2D eigenvalue weighted by molar-refractivity contribution is 7.20. The molecule has 0 radical (unpaired) electrons. The summed E-state index contributed by atoms with van der Waals surface area (Å²) >= 11 is 1.44. The summed E-state index contributed by atoms with van der Waals surface area (Å²) in [6.45, 7) is 3.43. The fraction of sp³-hybridized carbons (Fsp3) is 0.500. The smallest absolute Gasteiger partial charge is 0.270 e. The minimum atomic E-state index is -0.264. The molecule has 4 heterocycles. The number of carbonyl (C=O) groups is 2. The zero-order valence-corrected chi connectivity index (χ0v) is 19.9. The lowest BCUT2D eigenvalue weighted by atomic mass is 9.93. The SMILES string of the molecule is Cc1nn(C2CCOCC2)c2sc(C(=O)Nc3ccc(C(=O)N[C@H]4CC[C@H](O)CC4)nc3)cc12. The summed E-state index contributed by atoms with van der Waals surface area (Å²) in [6.07, 6.45) is 6.01. The number of nitrogens with zero attached hydrogens (tertiary/aromatic N) is 3. The average Bonchev–Trinajstić information content (AvgIpc) is 3.42. The molecule has 2 amide bonds. The highest BCUT2D eigenvalue weighted by atomic mass is 32.1. The van der Waals surface area contributed by atoms with Crippen LogP contribution in [0.3, 0.4) is 0 Å². The van der Waals surface area contributed by atoms with E-state index in [9.17, 15) is 14.7 Å². The van der Waals surface area contributed by atoms with Crippen LogP contribution >= 0.6 is 11.3 Å². The largest absolute Gasteiger partial charge is 0.393 e. The number of ether oxygens (including phenoxy) is 1. The lowest BCUT2D eigenvalue weighted by Gasteiger charge is -2.26. The summed E-state index contributed by atoms with van der Waals surface area (Å²) in [5.41, 5.74) is 1.75. The fourth-order valence-electron chi connectivity index (χ4n) is 4.64. The number of aliphatic hydroxyl groups is 1. The summed E-state index contributed by atoms with van der Waals surface area (Å²) in [7, 11) is 0. The van der Waals surface area contributed by atoms with Crippen molar-refractivity contribution in [2.24, 2.45) is 0 Å². The summed E-state index contributed by atoms with van der Waals surface area (Å²) in [4.78, 5) is 31.2. The van der Waals surface area contributed by atoms with Gasteiger partial charge in [-0.25, -0.2) is 4.98 Å². The first kappa shape index (κ1) is 22.9. The van der Waals surface area contributed by atoms with Gasteiger partial charge in [-0.1, -0.05) is 0 Å². The van der Waals surface area contributed by atoms with Gasteiger partial charge in [0.2, 0.25) is 0 Å². The molecule has 2 aliphatic rings. The van der Waals surface area contributed by atoms with Gasteiger partial charge in [0.1, 0.15) is 10.5 Å². The number of pyridine rings is 1. The van der Waals surface area contributed by atoms with Gasteiger partial charge in [-0.15, -0.1) is 11.3 Å². The van der Waals surface area contributed by atoms with E-state index in [0.717, 1.165) is 54.8 Å². The van der Waals surface area contributed by atoms with E-state index >= 15 is 0 Å². The Morgan fingerprint density at radius 3 is 2.59 bits per heavy atom. The molecule has 0 spiro atoms. The number of aryl methyl sites for hydroxylation is 1. The zero-order chi connectivity index (χ0) is 23.7. The first-order chi connectivity index (χ1) is 16.5. The third kappa shape index (κ3) is 4.84. The van der Waals surface area contributed by atoms with Crippen LogP contribution in [0.2, 0.25) is 0 Å². The van der Waals surface area contributed by atoms with Gasteiger partial charge in [0, 0.05) is 24.6 Å². The summed E-state index contributed by atoms with van der Waals surface area (Å²) < 4.78 is 7.53. The van der Waals surface area contributed by atoms with Crippen molar-refractivity contribution in [2.45, 2.75) is 63.6 Å². The number of thiophene rings is 1. The molecule has 10 heteroatoms. The van der Waals surface area contributed by atoms with Crippen molar-refractivity contribution in [1.82, 2.24) is 20.1 Å². The van der Waals surface area contributed by atoms with Gasteiger partial charge in [-0.2, -0.15) is 5.10 Å². The maximum atomic E-state index is 12.9. The number of anilines is 1. The minimum absolute atomic E-state index is 0.0607. The van der Waals surface area contributed by atoms with Crippen LogP contribution in [0.1, 0.15) is 70.4 Å². The summed E-state index contributed by atoms with van der Waals surface area (Å²) in [5, 5.41) is 21.2. The molecule has 1 saturated carbocycles. The van der Waals surface area contributed by atoms with E-state index in [1.807, 2.05) is 13.0 Å². The van der Waals surface area contributed by atoms with Crippen LogP contribution < -0.4 is 10.6 Å². The Labute approximate surface area is 201 Å². The Balaban J connectivity index is 1.24. The lowest BCUT2D eigenvalue weighted by molar-refractivity contribution is 0.0675. The Morgan fingerprint density at radius 2 is 1.88 bits per heavy atom. The predicted octanol–water partition coefficient (Wildman–Crippen LogP) is 3.44. The van der Waals surface area contributed by atoms with Crippen LogP contribution in [-0.4, -0.2) is 57.0 Å². The lowest BCUT2D eigenvalue weighted by Crippen LogP contribution is -2.38. The van der Waals surface area contributed by atoms with E-state index in [-0.39, 0.29) is 24.0 Å². The van der Waals surface area contributed by atoms with E-state index in [0.29, 0.717) is 35.1 Å². The van der Waals surface area contributed by atoms with E-state index in [1.165, 1.54) is 17.5 Å². The Kier molecular flexibility index (Phi) is 6.62. The highest BCUT2D eigenvalue weighted by Crippen LogP contribution is 2.33. The second kappa shape index (κ2) is 9.81. The topological polar surface area (TPSA) is 118 Å². The predicted molar refractivity (Wildman–Crippen MR) is 129 cm³/mol. The van der Waals surface area contributed by atoms with Gasteiger partial charge in [0.05, 0.1) is 34.6 Å². The maximum absolute atomic E-state index is 12.9. The van der Waals surface area contributed by atoms with Gasteiger partial charge in [-0.05, 0) is 63.6 Å². The third-order valence-corrected chi connectivity index (χ3v) is 7.74. The number of amides is 2. The molecule has 3 aromatic rings. The summed E-state index contributed by atoms with van der Waals surface area (Å²) in [6, 6.07) is 5.55. The molecule has 1 aliphatic heterocycles. The number of hydrogen-bond donors (Lipinski definition) is 3. The third-order valence-electron chi connectivity index (χ3n) is 6.61. The number of hydrogen-bond acceptors (Lipinski definition) is 7. The summed E-state index contributed by atoms with van der Waals surface area (Å²) in [5.74, 6) is -0.448. The first-order valence-corrected chi connectivity index (χ1v) is 12.6. The number of nitrogens with one attached hydrogen (secondary N) is 2. The number of aliphatic hydroxyl groups excluding tert-OH is 1. The molecule has 5 rings (SSSR count). The molecule has 34 heavy (non-hydrogen) atoms. The molecule has 3 aromatic heterocycles. The van der Waals surface area contributed by atoms with E-state index in [1.54, 1.807) is 12.1 Å². The Bertz CT molecular complexity index is 1170. The number of carbonyl (C=O) groups excluding carboxylic acids is 2. The van der Waals surface area contributed by atoms with Gasteiger partial charge in [0.15, 0.2) is 0 Å². The van der Waals surface area contributed by atoms with Crippen LogP contribution in [0.5, 0.6) is 0 Å². The van der Waals surface area contributed by atoms with Crippen molar-refractivity contribution >= 4 is 39.1 Å². The second-order valence-corrected chi connectivity index (χ2v) is 10.1. The second-order valence-electron chi connectivity index (χ2n) is 9.07. The molecule has 0 unspecified atom stereocenters. The molecule has 180 valence electrons. The molecule has 3 N–H and O–H groups in total. The normalized spacial score (nSPS) is 21.5. The molecule has 1 saturated heterocycles. The molecule has 0 atom stereocenters. The fourth-order valence-corrected chi connectivity index (χ4v) is 5.76. The molecule has 1 aliphatic carbocycles. The van der Waals surface area contributed by atoms with E-state index in [2.05, 4.69) is 20.3 Å². The number of aromatic nitrogens is 3. The molecule has 0 aromatic carbocycles. The van der Waals surface area contributed by atoms with Gasteiger partial charge < -0.3 is 20.5 Å². The van der Waals surface area contributed by atoms with Gasteiger partial charge in [-0.3, -0.25) is 14.3 Å².